The zero-order chi connectivity index (χ0) is 14.3. The summed E-state index contributed by atoms with van der Waals surface area (Å²) in [5, 5.41) is 19.1. The van der Waals surface area contributed by atoms with Crippen LogP contribution in [0.3, 0.4) is 0 Å². The fourth-order valence-corrected chi connectivity index (χ4v) is 2.14. The number of nitrogens with two attached hydrogens (primary N) is 1. The molecular formula is C14H11ClN4O2. The lowest BCUT2D eigenvalue weighted by atomic mass is 10.2. The van der Waals surface area contributed by atoms with E-state index in [2.05, 4.69) is 4.98 Å². The molecule has 0 spiro atoms. The van der Waals surface area contributed by atoms with Gasteiger partial charge in [0.05, 0.1) is 5.52 Å². The summed E-state index contributed by atoms with van der Waals surface area (Å²) in [6, 6.07) is 10.4. The largest absolute Gasteiger partial charge is 0.504 e. The van der Waals surface area contributed by atoms with E-state index in [1.807, 2.05) is 0 Å². The second kappa shape index (κ2) is 5.23. The number of aromatic nitrogens is 2. The molecule has 7 heteroatoms. The predicted molar refractivity (Wildman–Crippen MR) is 81.9 cm³/mol. The van der Waals surface area contributed by atoms with Gasteiger partial charge in [-0.2, -0.15) is 5.26 Å². The van der Waals surface area contributed by atoms with Crippen LogP contribution in [0.4, 0.5) is 5.69 Å². The Morgan fingerprint density at radius 1 is 1.24 bits per heavy atom. The first-order valence-corrected chi connectivity index (χ1v) is 5.84. The minimum Gasteiger partial charge on any atom is -0.504 e. The third-order valence-electron chi connectivity index (χ3n) is 3.11. The van der Waals surface area contributed by atoms with Gasteiger partial charge in [0.1, 0.15) is 11.6 Å². The second-order valence-corrected chi connectivity index (χ2v) is 4.33. The summed E-state index contributed by atoms with van der Waals surface area (Å²) in [5.41, 5.74) is 6.97. The molecule has 106 valence electrons. The summed E-state index contributed by atoms with van der Waals surface area (Å²) in [7, 11) is 0. The van der Waals surface area contributed by atoms with E-state index in [1.54, 1.807) is 47.2 Å². The molecule has 6 nitrogen and oxygen atoms in total. The normalized spacial score (nSPS) is 10.0. The minimum absolute atomic E-state index is 0. The molecule has 0 bridgehead atoms. The molecule has 1 aromatic carbocycles. The van der Waals surface area contributed by atoms with Crippen molar-refractivity contribution in [2.75, 3.05) is 5.73 Å². The average Bonchev–Trinajstić information content (AvgIpc) is 2.84. The minimum atomic E-state index is -0.604. The molecule has 0 atom stereocenters. The fourth-order valence-electron chi connectivity index (χ4n) is 2.14. The lowest BCUT2D eigenvalue weighted by Gasteiger charge is -2.07. The Morgan fingerprint density at radius 2 is 1.90 bits per heavy atom. The lowest BCUT2D eigenvalue weighted by molar-refractivity contribution is 0.476. The highest BCUT2D eigenvalue weighted by atomic mass is 35.5. The number of nitrogens with zero attached hydrogens (tertiary/aromatic N) is 2. The zero-order valence-corrected chi connectivity index (χ0v) is 11.5. The van der Waals surface area contributed by atoms with Crippen LogP contribution >= 0.6 is 12.4 Å². The van der Waals surface area contributed by atoms with Crippen molar-refractivity contribution in [1.82, 2.24) is 9.55 Å². The topological polar surface area (TPSA) is 108 Å². The molecule has 0 radical (unpaired) electrons. The van der Waals surface area contributed by atoms with Crippen molar-refractivity contribution in [3.63, 3.8) is 0 Å². The molecule has 0 aliphatic heterocycles. The number of halogens is 1. The molecule has 2 heterocycles. The first-order valence-electron chi connectivity index (χ1n) is 5.84. The maximum atomic E-state index is 11.6. The van der Waals surface area contributed by atoms with Crippen LogP contribution in [-0.4, -0.2) is 14.7 Å². The number of aromatic amines is 1. The van der Waals surface area contributed by atoms with Crippen molar-refractivity contribution < 1.29 is 5.11 Å². The Hall–Kier alpha value is -2.91. The maximum absolute atomic E-state index is 11.6. The van der Waals surface area contributed by atoms with E-state index in [1.165, 1.54) is 0 Å². The van der Waals surface area contributed by atoms with Crippen molar-refractivity contribution in [2.24, 2.45) is 0 Å². The zero-order valence-electron chi connectivity index (χ0n) is 10.7. The van der Waals surface area contributed by atoms with E-state index in [0.717, 1.165) is 5.69 Å². The van der Waals surface area contributed by atoms with Crippen LogP contribution in [0.1, 0.15) is 5.56 Å². The molecule has 2 aromatic heterocycles. The van der Waals surface area contributed by atoms with Gasteiger partial charge in [-0.25, -0.2) is 0 Å². The molecule has 3 aromatic rings. The summed E-state index contributed by atoms with van der Waals surface area (Å²) < 4.78 is 1.68. The number of H-pyrrole nitrogens is 1. The van der Waals surface area contributed by atoms with Crippen molar-refractivity contribution in [3.05, 3.63) is 52.4 Å². The lowest BCUT2D eigenvalue weighted by Crippen LogP contribution is -2.10. The molecule has 0 aliphatic carbocycles. The number of fused-ring (bicyclic) bond motifs is 1. The number of hydrogen-bond donors (Lipinski definition) is 3. The standard InChI is InChI=1S/C14H10N4O2.ClH/c15-7-10-13(19)12-11(17-14(10)20)5-6-18(12)9-3-1-8(16)2-4-9;/h1-6H,16H2,(H2,17,19,20);1H. The van der Waals surface area contributed by atoms with Crippen LogP contribution in [0, 0.1) is 11.3 Å². The van der Waals surface area contributed by atoms with Crippen LogP contribution in [-0.2, 0) is 0 Å². The van der Waals surface area contributed by atoms with Gasteiger partial charge in [0.25, 0.3) is 5.56 Å². The molecule has 0 saturated heterocycles. The number of nitrogen functional groups attached to an aromatic ring is 1. The van der Waals surface area contributed by atoms with E-state index >= 15 is 0 Å². The van der Waals surface area contributed by atoms with Gasteiger partial charge in [-0.05, 0) is 30.3 Å². The average molecular weight is 303 g/mol. The number of nitriles is 1. The van der Waals surface area contributed by atoms with Crippen LogP contribution in [0.25, 0.3) is 16.7 Å². The maximum Gasteiger partial charge on any atom is 0.270 e. The second-order valence-electron chi connectivity index (χ2n) is 4.33. The smallest absolute Gasteiger partial charge is 0.270 e. The van der Waals surface area contributed by atoms with Crippen molar-refractivity contribution in [2.45, 2.75) is 0 Å². The number of benzene rings is 1. The number of nitrogens with one attached hydrogen (secondary N) is 1. The Labute approximate surface area is 125 Å². The first-order chi connectivity index (χ1) is 9.61. The molecule has 0 fully saturated rings. The van der Waals surface area contributed by atoms with E-state index in [9.17, 15) is 9.90 Å². The Morgan fingerprint density at radius 3 is 2.52 bits per heavy atom. The van der Waals surface area contributed by atoms with E-state index in [4.69, 9.17) is 11.0 Å². The SMILES string of the molecule is Cl.N#Cc1c(O)c2c(ccn2-c2ccc(N)cc2)[nH]c1=O. The van der Waals surface area contributed by atoms with Gasteiger partial charge in [0, 0.05) is 17.6 Å². The third kappa shape index (κ3) is 2.20. The van der Waals surface area contributed by atoms with Crippen LogP contribution in [0.15, 0.2) is 41.3 Å². The number of pyridine rings is 1. The molecule has 0 aliphatic rings. The highest BCUT2D eigenvalue weighted by Gasteiger charge is 2.15. The van der Waals surface area contributed by atoms with Gasteiger partial charge in [-0.3, -0.25) is 4.79 Å². The summed E-state index contributed by atoms with van der Waals surface area (Å²) in [5.74, 6) is -0.326. The Kier molecular flexibility index (Phi) is 3.61. The van der Waals surface area contributed by atoms with Gasteiger partial charge in [-0.15, -0.1) is 12.4 Å². The van der Waals surface area contributed by atoms with Crippen molar-refractivity contribution in [1.29, 1.82) is 5.26 Å². The molecule has 4 N–H and O–H groups in total. The fraction of sp³-hybridized carbons (Fsp3) is 0. The molecule has 0 saturated carbocycles. The summed E-state index contributed by atoms with van der Waals surface area (Å²) in [6.07, 6.45) is 1.70. The third-order valence-corrected chi connectivity index (χ3v) is 3.11. The number of anilines is 1. The highest BCUT2D eigenvalue weighted by Crippen LogP contribution is 2.28. The van der Waals surface area contributed by atoms with Gasteiger partial charge >= 0.3 is 0 Å². The van der Waals surface area contributed by atoms with E-state index in [-0.39, 0.29) is 23.7 Å². The van der Waals surface area contributed by atoms with Crippen LogP contribution in [0.2, 0.25) is 0 Å². The van der Waals surface area contributed by atoms with Gasteiger partial charge < -0.3 is 20.4 Å². The van der Waals surface area contributed by atoms with Gasteiger partial charge in [0.2, 0.25) is 0 Å². The number of hydrogen-bond acceptors (Lipinski definition) is 4. The van der Waals surface area contributed by atoms with Crippen molar-refractivity contribution in [3.8, 4) is 17.5 Å². The van der Waals surface area contributed by atoms with Gasteiger partial charge in [0.15, 0.2) is 11.3 Å². The van der Waals surface area contributed by atoms with E-state index < -0.39 is 5.56 Å². The number of rotatable bonds is 1. The monoisotopic (exact) mass is 302 g/mol. The van der Waals surface area contributed by atoms with Gasteiger partial charge in [-0.1, -0.05) is 0 Å². The number of aromatic hydroxyl groups is 1. The summed E-state index contributed by atoms with van der Waals surface area (Å²) in [4.78, 5) is 14.2. The molecular weight excluding hydrogens is 292 g/mol. The molecule has 21 heavy (non-hydrogen) atoms. The Bertz CT molecular complexity index is 904. The molecule has 0 unspecified atom stereocenters. The summed E-state index contributed by atoms with van der Waals surface area (Å²) >= 11 is 0. The molecule has 0 amide bonds. The predicted octanol–water partition coefficient (Wildman–Crippen LogP) is 1.90. The van der Waals surface area contributed by atoms with Crippen LogP contribution < -0.4 is 11.3 Å². The molecule has 3 rings (SSSR count). The highest BCUT2D eigenvalue weighted by molar-refractivity contribution is 5.86. The van der Waals surface area contributed by atoms with E-state index in [0.29, 0.717) is 16.7 Å². The first kappa shape index (κ1) is 14.5. The van der Waals surface area contributed by atoms with Crippen molar-refractivity contribution >= 4 is 29.1 Å². The summed E-state index contributed by atoms with van der Waals surface area (Å²) in [6.45, 7) is 0. The quantitative estimate of drug-likeness (QED) is 0.596. The Balaban J connectivity index is 0.00000161. The van der Waals surface area contributed by atoms with Crippen LogP contribution in [0.5, 0.6) is 5.75 Å².